The Bertz CT molecular complexity index is 852. The summed E-state index contributed by atoms with van der Waals surface area (Å²) in [6, 6.07) is 12.0. The van der Waals surface area contributed by atoms with E-state index in [-0.39, 0.29) is 5.78 Å². The maximum Gasteiger partial charge on any atom is 0.167 e. The van der Waals surface area contributed by atoms with Crippen molar-refractivity contribution in [3.8, 4) is 11.3 Å². The third-order valence-corrected chi connectivity index (χ3v) is 5.98. The van der Waals surface area contributed by atoms with E-state index in [0.29, 0.717) is 12.5 Å². The van der Waals surface area contributed by atoms with E-state index in [1.54, 1.807) is 0 Å². The molecule has 27 heavy (non-hydrogen) atoms. The van der Waals surface area contributed by atoms with Gasteiger partial charge in [0.05, 0.1) is 11.8 Å². The van der Waals surface area contributed by atoms with Crippen LogP contribution in [0.4, 0.5) is 5.82 Å². The quantitative estimate of drug-likeness (QED) is 0.839. The minimum absolute atomic E-state index is 0.190. The molecule has 5 heteroatoms. The van der Waals surface area contributed by atoms with Gasteiger partial charge in [-0.05, 0) is 24.5 Å². The van der Waals surface area contributed by atoms with Gasteiger partial charge in [-0.1, -0.05) is 30.3 Å². The molecule has 0 spiro atoms. The number of carbonyl (C=O) groups is 1. The molecule has 1 aromatic heterocycles. The molecule has 1 aliphatic carbocycles. The number of anilines is 1. The average Bonchev–Trinajstić information content (AvgIpc) is 3.22. The number of hydrogen-bond donors (Lipinski definition) is 0. The SMILES string of the molecule is O=C1Cc2ccc(N3CCN(CC4CCCO4)CC3)nc2-c2ccccc21. The first-order valence-electron chi connectivity index (χ1n) is 9.99. The summed E-state index contributed by atoms with van der Waals surface area (Å²) in [5, 5.41) is 0. The van der Waals surface area contributed by atoms with Gasteiger partial charge in [-0.2, -0.15) is 0 Å². The van der Waals surface area contributed by atoms with Crippen LogP contribution in [-0.4, -0.2) is 61.1 Å². The van der Waals surface area contributed by atoms with Crippen molar-refractivity contribution in [1.29, 1.82) is 0 Å². The first-order valence-corrected chi connectivity index (χ1v) is 9.99. The number of aromatic nitrogens is 1. The fourth-order valence-corrected chi connectivity index (χ4v) is 4.47. The average molecular weight is 363 g/mol. The Morgan fingerprint density at radius 2 is 1.85 bits per heavy atom. The van der Waals surface area contributed by atoms with Crippen LogP contribution < -0.4 is 4.90 Å². The van der Waals surface area contributed by atoms with Crippen molar-refractivity contribution < 1.29 is 9.53 Å². The summed E-state index contributed by atoms with van der Waals surface area (Å²) in [4.78, 5) is 22.2. The number of hydrogen-bond acceptors (Lipinski definition) is 5. The second-order valence-electron chi connectivity index (χ2n) is 7.75. The molecule has 2 aromatic rings. The van der Waals surface area contributed by atoms with Gasteiger partial charge in [0.25, 0.3) is 0 Å². The van der Waals surface area contributed by atoms with E-state index in [4.69, 9.17) is 9.72 Å². The van der Waals surface area contributed by atoms with E-state index in [2.05, 4.69) is 21.9 Å². The summed E-state index contributed by atoms with van der Waals surface area (Å²) in [5.41, 5.74) is 3.79. The number of ketones is 1. The van der Waals surface area contributed by atoms with Crippen molar-refractivity contribution in [3.05, 3.63) is 47.5 Å². The number of rotatable bonds is 3. The van der Waals surface area contributed by atoms with E-state index < -0.39 is 0 Å². The van der Waals surface area contributed by atoms with Crippen LogP contribution in [0.25, 0.3) is 11.3 Å². The zero-order valence-electron chi connectivity index (χ0n) is 15.6. The fourth-order valence-electron chi connectivity index (χ4n) is 4.47. The summed E-state index contributed by atoms with van der Waals surface area (Å²) in [5.74, 6) is 1.21. The summed E-state index contributed by atoms with van der Waals surface area (Å²) in [6.45, 7) is 6.05. The summed E-state index contributed by atoms with van der Waals surface area (Å²) in [6.07, 6.45) is 3.28. The molecule has 1 unspecified atom stereocenters. The maximum atomic E-state index is 12.4. The minimum Gasteiger partial charge on any atom is -0.377 e. The van der Waals surface area contributed by atoms with Crippen molar-refractivity contribution in [1.82, 2.24) is 9.88 Å². The zero-order chi connectivity index (χ0) is 18.2. The van der Waals surface area contributed by atoms with Gasteiger partial charge in [0, 0.05) is 56.9 Å². The molecule has 3 aliphatic rings. The highest BCUT2D eigenvalue weighted by Gasteiger charge is 2.26. The number of benzene rings is 1. The monoisotopic (exact) mass is 363 g/mol. The van der Waals surface area contributed by atoms with Gasteiger partial charge in [0.1, 0.15) is 5.82 Å². The molecule has 0 radical (unpaired) electrons. The third-order valence-electron chi connectivity index (χ3n) is 5.98. The Balaban J connectivity index is 1.32. The number of carbonyl (C=O) groups excluding carboxylic acids is 1. The van der Waals surface area contributed by atoms with E-state index in [1.807, 2.05) is 24.3 Å². The molecule has 2 saturated heterocycles. The van der Waals surface area contributed by atoms with Crippen LogP contribution in [0.1, 0.15) is 28.8 Å². The molecule has 2 fully saturated rings. The highest BCUT2D eigenvalue weighted by molar-refractivity contribution is 6.06. The Labute approximate surface area is 159 Å². The number of piperazine rings is 1. The highest BCUT2D eigenvalue weighted by atomic mass is 16.5. The molecule has 1 aromatic carbocycles. The molecular weight excluding hydrogens is 338 g/mol. The van der Waals surface area contributed by atoms with Crippen molar-refractivity contribution in [3.63, 3.8) is 0 Å². The second kappa shape index (κ2) is 7.06. The Morgan fingerprint density at radius 3 is 2.63 bits per heavy atom. The first kappa shape index (κ1) is 16.9. The molecule has 140 valence electrons. The fraction of sp³-hybridized carbons (Fsp3) is 0.455. The lowest BCUT2D eigenvalue weighted by Gasteiger charge is -2.36. The van der Waals surface area contributed by atoms with E-state index >= 15 is 0 Å². The van der Waals surface area contributed by atoms with Crippen LogP contribution >= 0.6 is 0 Å². The summed E-state index contributed by atoms with van der Waals surface area (Å²) < 4.78 is 5.78. The highest BCUT2D eigenvalue weighted by Crippen LogP contribution is 2.33. The van der Waals surface area contributed by atoms with Gasteiger partial charge in [-0.3, -0.25) is 9.69 Å². The molecule has 0 N–H and O–H groups in total. The Hall–Kier alpha value is -2.24. The number of pyridine rings is 1. The van der Waals surface area contributed by atoms with Gasteiger partial charge >= 0.3 is 0 Å². The number of ether oxygens (including phenoxy) is 1. The summed E-state index contributed by atoms with van der Waals surface area (Å²) >= 11 is 0. The molecular formula is C22H25N3O2. The van der Waals surface area contributed by atoms with Gasteiger partial charge in [0.15, 0.2) is 5.78 Å². The van der Waals surface area contributed by atoms with Crippen LogP contribution in [0.5, 0.6) is 0 Å². The molecule has 0 bridgehead atoms. The number of nitrogens with zero attached hydrogens (tertiary/aromatic N) is 3. The molecule has 5 rings (SSSR count). The van der Waals surface area contributed by atoms with Crippen molar-refractivity contribution >= 4 is 11.6 Å². The van der Waals surface area contributed by atoms with Gasteiger partial charge in [-0.25, -0.2) is 4.98 Å². The van der Waals surface area contributed by atoms with Crippen molar-refractivity contribution in [2.24, 2.45) is 0 Å². The van der Waals surface area contributed by atoms with E-state index in [9.17, 15) is 4.79 Å². The van der Waals surface area contributed by atoms with Gasteiger partial charge in [-0.15, -0.1) is 0 Å². The zero-order valence-corrected chi connectivity index (χ0v) is 15.6. The van der Waals surface area contributed by atoms with Gasteiger partial charge in [0.2, 0.25) is 0 Å². The molecule has 5 nitrogen and oxygen atoms in total. The Kier molecular flexibility index (Phi) is 4.42. The maximum absolute atomic E-state index is 12.4. The first-order chi connectivity index (χ1) is 13.3. The smallest absolute Gasteiger partial charge is 0.167 e. The normalized spacial score (nSPS) is 22.6. The molecule has 3 heterocycles. The van der Waals surface area contributed by atoms with Crippen LogP contribution in [-0.2, 0) is 11.2 Å². The standard InChI is InChI=1S/C22H25N3O2/c26-20-14-16-7-8-21(23-22(16)19-6-2-1-5-18(19)20)25-11-9-24(10-12-25)15-17-4-3-13-27-17/h1-2,5-8,17H,3-4,9-15H2. The molecule has 0 saturated carbocycles. The topological polar surface area (TPSA) is 45.7 Å². The van der Waals surface area contributed by atoms with Crippen molar-refractivity contribution in [2.75, 3.05) is 44.2 Å². The van der Waals surface area contributed by atoms with Crippen LogP contribution in [0, 0.1) is 0 Å². The van der Waals surface area contributed by atoms with Gasteiger partial charge < -0.3 is 9.64 Å². The van der Waals surface area contributed by atoms with Crippen LogP contribution in [0.15, 0.2) is 36.4 Å². The van der Waals surface area contributed by atoms with Crippen molar-refractivity contribution in [2.45, 2.75) is 25.4 Å². The van der Waals surface area contributed by atoms with Crippen LogP contribution in [0.2, 0.25) is 0 Å². The molecule has 0 amide bonds. The minimum atomic E-state index is 0.190. The largest absolute Gasteiger partial charge is 0.377 e. The number of Topliss-reactive ketones (excluding diaryl/α,β-unsaturated/α-hetero) is 1. The molecule has 1 atom stereocenters. The second-order valence-corrected chi connectivity index (χ2v) is 7.75. The predicted molar refractivity (Wildman–Crippen MR) is 105 cm³/mol. The third kappa shape index (κ3) is 3.26. The molecule has 2 aliphatic heterocycles. The predicted octanol–water partition coefficient (Wildman–Crippen LogP) is 2.79. The Morgan fingerprint density at radius 1 is 1.04 bits per heavy atom. The lowest BCUT2D eigenvalue weighted by atomic mass is 9.88. The number of fused-ring (bicyclic) bond motifs is 3. The van der Waals surface area contributed by atoms with E-state index in [0.717, 1.165) is 67.5 Å². The van der Waals surface area contributed by atoms with E-state index in [1.165, 1.54) is 12.8 Å². The lowest BCUT2D eigenvalue weighted by molar-refractivity contribution is 0.0712. The van der Waals surface area contributed by atoms with Crippen LogP contribution in [0.3, 0.4) is 0 Å². The summed E-state index contributed by atoms with van der Waals surface area (Å²) in [7, 11) is 0. The lowest BCUT2D eigenvalue weighted by Crippen LogP contribution is -2.48.